The Morgan fingerprint density at radius 2 is 2.29 bits per heavy atom. The van der Waals surface area contributed by atoms with Crippen LogP contribution in [0.15, 0.2) is 24.3 Å². The topological polar surface area (TPSA) is 49.3 Å². The summed E-state index contributed by atoms with van der Waals surface area (Å²) in [5.41, 5.74) is 3.36. The van der Waals surface area contributed by atoms with Gasteiger partial charge in [-0.3, -0.25) is 4.79 Å². The minimum absolute atomic E-state index is 0.115. The molecule has 2 rings (SSSR count). The molecule has 1 aliphatic heterocycles. The third-order valence-corrected chi connectivity index (χ3v) is 2.25. The van der Waals surface area contributed by atoms with E-state index in [4.69, 9.17) is 5.11 Å². The normalized spacial score (nSPS) is 17.0. The van der Waals surface area contributed by atoms with E-state index < -0.39 is 0 Å². The number of rotatable bonds is 1. The number of aryl methyl sites for hydroxylation is 1. The molecule has 0 aliphatic carbocycles. The molecule has 1 aliphatic rings. The summed E-state index contributed by atoms with van der Waals surface area (Å²) >= 11 is 0. The molecule has 0 fully saturated rings. The van der Waals surface area contributed by atoms with Crippen LogP contribution in [0.3, 0.4) is 0 Å². The molecule has 3 nitrogen and oxygen atoms in total. The number of hydrogen-bond donors (Lipinski definition) is 2. The Labute approximate surface area is 82.1 Å². The average molecular weight is 189 g/mol. The second-order valence-corrected chi connectivity index (χ2v) is 3.30. The predicted octanol–water partition coefficient (Wildman–Crippen LogP) is 1.32. The maximum atomic E-state index is 11.4. The zero-order valence-electron chi connectivity index (χ0n) is 7.87. The lowest BCUT2D eigenvalue weighted by atomic mass is 10.0. The molecule has 2 N–H and O–H groups in total. The fourth-order valence-electron chi connectivity index (χ4n) is 1.60. The Kier molecular flexibility index (Phi) is 2.09. The predicted molar refractivity (Wildman–Crippen MR) is 54.9 cm³/mol. The number of amides is 1. The van der Waals surface area contributed by atoms with Crippen molar-refractivity contribution in [3.05, 3.63) is 35.4 Å². The van der Waals surface area contributed by atoms with Gasteiger partial charge in [0, 0.05) is 16.8 Å². The minimum Gasteiger partial charge on any atom is -0.392 e. The average Bonchev–Trinajstić information content (AvgIpc) is 2.45. The third-order valence-electron chi connectivity index (χ3n) is 2.25. The van der Waals surface area contributed by atoms with Crippen LogP contribution in [-0.4, -0.2) is 17.6 Å². The first-order chi connectivity index (χ1) is 6.72. The van der Waals surface area contributed by atoms with Crippen molar-refractivity contribution in [1.82, 2.24) is 0 Å². The monoisotopic (exact) mass is 189 g/mol. The number of aliphatic hydroxyl groups excluding tert-OH is 1. The first-order valence-corrected chi connectivity index (χ1v) is 4.46. The van der Waals surface area contributed by atoms with Crippen LogP contribution in [0.25, 0.3) is 5.57 Å². The molecule has 1 aromatic rings. The van der Waals surface area contributed by atoms with Crippen LogP contribution >= 0.6 is 0 Å². The van der Waals surface area contributed by atoms with Gasteiger partial charge in [-0.1, -0.05) is 11.6 Å². The number of carbonyl (C=O) groups excluding carboxylic acids is 1. The molecule has 1 aromatic carbocycles. The van der Waals surface area contributed by atoms with Crippen molar-refractivity contribution in [3.8, 4) is 0 Å². The van der Waals surface area contributed by atoms with Crippen LogP contribution in [0.4, 0.5) is 5.69 Å². The first kappa shape index (κ1) is 8.97. The Hall–Kier alpha value is -1.61. The van der Waals surface area contributed by atoms with Crippen LogP contribution in [0.1, 0.15) is 11.1 Å². The fraction of sp³-hybridized carbons (Fsp3) is 0.182. The summed E-state index contributed by atoms with van der Waals surface area (Å²) in [5.74, 6) is -0.139. The number of hydrogen-bond acceptors (Lipinski definition) is 2. The van der Waals surface area contributed by atoms with Crippen molar-refractivity contribution >= 4 is 17.2 Å². The van der Waals surface area contributed by atoms with Gasteiger partial charge < -0.3 is 10.4 Å². The number of carbonyl (C=O) groups is 1. The van der Waals surface area contributed by atoms with Crippen LogP contribution in [0.5, 0.6) is 0 Å². The van der Waals surface area contributed by atoms with E-state index in [1.807, 2.05) is 25.1 Å². The van der Waals surface area contributed by atoms with E-state index in [0.717, 1.165) is 16.8 Å². The highest BCUT2D eigenvalue weighted by atomic mass is 16.2. The number of aliphatic hydroxyl groups is 1. The van der Waals surface area contributed by atoms with E-state index in [2.05, 4.69) is 5.32 Å². The Morgan fingerprint density at radius 3 is 3.00 bits per heavy atom. The van der Waals surface area contributed by atoms with E-state index in [0.29, 0.717) is 5.57 Å². The summed E-state index contributed by atoms with van der Waals surface area (Å²) in [4.78, 5) is 11.4. The zero-order valence-corrected chi connectivity index (χ0v) is 7.87. The molecule has 0 unspecified atom stereocenters. The number of benzene rings is 1. The van der Waals surface area contributed by atoms with Crippen molar-refractivity contribution in [2.75, 3.05) is 11.9 Å². The zero-order chi connectivity index (χ0) is 10.1. The van der Waals surface area contributed by atoms with Crippen molar-refractivity contribution in [2.45, 2.75) is 6.92 Å². The van der Waals surface area contributed by atoms with E-state index in [9.17, 15) is 4.79 Å². The summed E-state index contributed by atoms with van der Waals surface area (Å²) in [6.45, 7) is 1.86. The highest BCUT2D eigenvalue weighted by Gasteiger charge is 2.23. The summed E-state index contributed by atoms with van der Waals surface area (Å²) in [5, 5.41) is 11.5. The molecule has 0 saturated heterocycles. The molecule has 0 atom stereocenters. The van der Waals surface area contributed by atoms with Gasteiger partial charge >= 0.3 is 0 Å². The second-order valence-electron chi connectivity index (χ2n) is 3.30. The Bertz CT molecular complexity index is 421. The molecule has 0 spiro atoms. The highest BCUT2D eigenvalue weighted by Crippen LogP contribution is 2.31. The van der Waals surface area contributed by atoms with Crippen molar-refractivity contribution in [1.29, 1.82) is 0 Å². The largest absolute Gasteiger partial charge is 0.392 e. The molecular formula is C11H11NO2. The van der Waals surface area contributed by atoms with Gasteiger partial charge in [0.1, 0.15) is 0 Å². The molecule has 1 heterocycles. The maximum Gasteiger partial charge on any atom is 0.256 e. The van der Waals surface area contributed by atoms with E-state index in [-0.39, 0.29) is 12.5 Å². The quantitative estimate of drug-likeness (QED) is 0.654. The van der Waals surface area contributed by atoms with Crippen molar-refractivity contribution in [3.63, 3.8) is 0 Å². The second kappa shape index (κ2) is 3.27. The smallest absolute Gasteiger partial charge is 0.256 e. The highest BCUT2D eigenvalue weighted by molar-refractivity contribution is 6.31. The number of fused-ring (bicyclic) bond motifs is 1. The minimum atomic E-state index is -0.139. The van der Waals surface area contributed by atoms with Gasteiger partial charge in [-0.2, -0.15) is 0 Å². The molecule has 0 saturated carbocycles. The van der Waals surface area contributed by atoms with Crippen LogP contribution in [0.2, 0.25) is 0 Å². The Morgan fingerprint density at radius 1 is 1.50 bits per heavy atom. The molecule has 72 valence electrons. The summed E-state index contributed by atoms with van der Waals surface area (Å²) in [6, 6.07) is 5.76. The van der Waals surface area contributed by atoms with Crippen LogP contribution in [-0.2, 0) is 4.79 Å². The first-order valence-electron chi connectivity index (χ1n) is 4.46. The van der Waals surface area contributed by atoms with Gasteiger partial charge in [0.25, 0.3) is 5.91 Å². The van der Waals surface area contributed by atoms with Crippen molar-refractivity contribution in [2.24, 2.45) is 0 Å². The van der Waals surface area contributed by atoms with E-state index in [1.165, 1.54) is 6.08 Å². The van der Waals surface area contributed by atoms with Crippen LogP contribution in [0, 0.1) is 6.92 Å². The van der Waals surface area contributed by atoms with Crippen LogP contribution < -0.4 is 5.32 Å². The standard InChI is InChI=1S/C11H11NO2/c1-7-2-3-10-9(6-7)8(4-5-13)11(14)12-10/h2-4,6,13H,5H2,1H3,(H,12,14)/b8-4+. The molecular weight excluding hydrogens is 178 g/mol. The molecule has 0 bridgehead atoms. The lowest BCUT2D eigenvalue weighted by Gasteiger charge is -1.98. The molecule has 0 aromatic heterocycles. The lowest BCUT2D eigenvalue weighted by molar-refractivity contribution is -0.110. The summed E-state index contributed by atoms with van der Waals surface area (Å²) in [6.07, 6.45) is 1.53. The third kappa shape index (κ3) is 1.32. The summed E-state index contributed by atoms with van der Waals surface area (Å²) < 4.78 is 0. The molecule has 14 heavy (non-hydrogen) atoms. The molecule has 0 radical (unpaired) electrons. The Balaban J connectivity index is 2.55. The fourth-order valence-corrected chi connectivity index (χ4v) is 1.60. The van der Waals surface area contributed by atoms with E-state index >= 15 is 0 Å². The van der Waals surface area contributed by atoms with Gasteiger partial charge in [-0.05, 0) is 25.1 Å². The molecule has 3 heteroatoms. The lowest BCUT2D eigenvalue weighted by Crippen LogP contribution is -2.03. The number of anilines is 1. The summed E-state index contributed by atoms with van der Waals surface area (Å²) in [7, 11) is 0. The van der Waals surface area contributed by atoms with Gasteiger partial charge in [-0.15, -0.1) is 0 Å². The van der Waals surface area contributed by atoms with Gasteiger partial charge in [0.15, 0.2) is 0 Å². The van der Waals surface area contributed by atoms with Gasteiger partial charge in [0.2, 0.25) is 0 Å². The van der Waals surface area contributed by atoms with Crippen molar-refractivity contribution < 1.29 is 9.90 Å². The van der Waals surface area contributed by atoms with Gasteiger partial charge in [-0.25, -0.2) is 0 Å². The van der Waals surface area contributed by atoms with E-state index in [1.54, 1.807) is 0 Å². The molecule has 1 amide bonds. The SMILES string of the molecule is Cc1ccc2c(c1)/C(=C\CO)C(=O)N2. The number of nitrogens with one attached hydrogen (secondary N) is 1. The maximum absolute atomic E-state index is 11.4. The van der Waals surface area contributed by atoms with Gasteiger partial charge in [0.05, 0.1) is 6.61 Å².